The highest BCUT2D eigenvalue weighted by molar-refractivity contribution is 5.39. The summed E-state index contributed by atoms with van der Waals surface area (Å²) in [5.41, 5.74) is 6.69. The van der Waals surface area contributed by atoms with Crippen LogP contribution in [0.3, 0.4) is 0 Å². The molecule has 0 saturated carbocycles. The first kappa shape index (κ1) is 13.4. The fourth-order valence-corrected chi connectivity index (χ4v) is 1.97. The van der Waals surface area contributed by atoms with Crippen LogP contribution in [-0.2, 0) is 13.1 Å². The molecule has 5 heteroatoms. The Morgan fingerprint density at radius 3 is 2.68 bits per heavy atom. The molecule has 0 amide bonds. The van der Waals surface area contributed by atoms with Crippen LogP contribution in [0.15, 0.2) is 30.5 Å². The molecule has 0 unspecified atom stereocenters. The number of imidazole rings is 1. The fraction of sp³-hybridized carbons (Fsp3) is 0.357. The number of rotatable bonds is 6. The van der Waals surface area contributed by atoms with Crippen molar-refractivity contribution in [3.63, 3.8) is 0 Å². The van der Waals surface area contributed by atoms with Crippen LogP contribution >= 0.6 is 0 Å². The van der Waals surface area contributed by atoms with Crippen LogP contribution in [0.4, 0.5) is 0 Å². The third-order valence-electron chi connectivity index (χ3n) is 2.99. The topological polar surface area (TPSA) is 62.3 Å². The SMILES string of the molecule is COc1ccccc1OCCn1c(CN)cnc1C. The number of hydrogen-bond acceptors (Lipinski definition) is 4. The molecule has 0 radical (unpaired) electrons. The zero-order valence-electron chi connectivity index (χ0n) is 11.3. The number of ether oxygens (including phenoxy) is 2. The van der Waals surface area contributed by atoms with E-state index >= 15 is 0 Å². The van der Waals surface area contributed by atoms with E-state index in [1.165, 1.54) is 0 Å². The molecule has 2 rings (SSSR count). The van der Waals surface area contributed by atoms with Crippen molar-refractivity contribution >= 4 is 0 Å². The Labute approximate surface area is 113 Å². The first-order valence-corrected chi connectivity index (χ1v) is 6.23. The van der Waals surface area contributed by atoms with Gasteiger partial charge in [0.25, 0.3) is 0 Å². The van der Waals surface area contributed by atoms with Crippen molar-refractivity contribution in [1.29, 1.82) is 0 Å². The van der Waals surface area contributed by atoms with Crippen LogP contribution in [0.2, 0.25) is 0 Å². The summed E-state index contributed by atoms with van der Waals surface area (Å²) in [7, 11) is 1.63. The molecule has 1 heterocycles. The van der Waals surface area contributed by atoms with Gasteiger partial charge in [0.2, 0.25) is 0 Å². The third-order valence-corrected chi connectivity index (χ3v) is 2.99. The van der Waals surface area contributed by atoms with E-state index in [1.54, 1.807) is 13.3 Å². The Hall–Kier alpha value is -2.01. The molecule has 0 spiro atoms. The van der Waals surface area contributed by atoms with Crippen molar-refractivity contribution in [2.75, 3.05) is 13.7 Å². The van der Waals surface area contributed by atoms with Crippen molar-refractivity contribution in [2.45, 2.75) is 20.0 Å². The van der Waals surface area contributed by atoms with E-state index in [9.17, 15) is 0 Å². The number of nitrogens with zero attached hydrogens (tertiary/aromatic N) is 2. The lowest BCUT2D eigenvalue weighted by atomic mass is 10.3. The second-order valence-electron chi connectivity index (χ2n) is 4.15. The number of hydrogen-bond donors (Lipinski definition) is 1. The van der Waals surface area contributed by atoms with Gasteiger partial charge in [0.05, 0.1) is 19.3 Å². The van der Waals surface area contributed by atoms with Crippen molar-refractivity contribution < 1.29 is 9.47 Å². The normalized spacial score (nSPS) is 10.5. The number of aryl methyl sites for hydroxylation is 1. The highest BCUT2D eigenvalue weighted by atomic mass is 16.5. The average molecular weight is 261 g/mol. The van der Waals surface area contributed by atoms with E-state index in [0.717, 1.165) is 29.6 Å². The van der Waals surface area contributed by atoms with Gasteiger partial charge >= 0.3 is 0 Å². The van der Waals surface area contributed by atoms with Gasteiger partial charge in [0.15, 0.2) is 11.5 Å². The molecule has 0 bridgehead atoms. The average Bonchev–Trinajstić information content (AvgIpc) is 2.80. The minimum atomic E-state index is 0.482. The molecule has 5 nitrogen and oxygen atoms in total. The molecule has 0 atom stereocenters. The summed E-state index contributed by atoms with van der Waals surface area (Å²) in [4.78, 5) is 4.25. The molecule has 0 fully saturated rings. The molecule has 19 heavy (non-hydrogen) atoms. The predicted molar refractivity (Wildman–Crippen MR) is 73.3 cm³/mol. The molecule has 1 aromatic carbocycles. The molecule has 0 aliphatic rings. The number of nitrogens with two attached hydrogens (primary N) is 1. The van der Waals surface area contributed by atoms with E-state index in [1.807, 2.05) is 31.2 Å². The van der Waals surface area contributed by atoms with Crippen molar-refractivity contribution in [2.24, 2.45) is 5.73 Å². The van der Waals surface area contributed by atoms with Gasteiger partial charge in [0, 0.05) is 12.7 Å². The second-order valence-corrected chi connectivity index (χ2v) is 4.15. The van der Waals surface area contributed by atoms with Gasteiger partial charge < -0.3 is 19.8 Å². The summed E-state index contributed by atoms with van der Waals surface area (Å²) in [6.07, 6.45) is 1.80. The van der Waals surface area contributed by atoms with Crippen molar-refractivity contribution in [3.8, 4) is 11.5 Å². The summed E-state index contributed by atoms with van der Waals surface area (Å²) in [6.45, 7) is 3.71. The van der Waals surface area contributed by atoms with Gasteiger partial charge in [-0.15, -0.1) is 0 Å². The smallest absolute Gasteiger partial charge is 0.161 e. The number of para-hydroxylation sites is 2. The summed E-state index contributed by atoms with van der Waals surface area (Å²) >= 11 is 0. The standard InChI is InChI=1S/C14H19N3O2/c1-11-16-10-12(9-15)17(11)7-8-19-14-6-4-3-5-13(14)18-2/h3-6,10H,7-9,15H2,1-2H3. The summed E-state index contributed by atoms with van der Waals surface area (Å²) in [5.74, 6) is 2.44. The fourth-order valence-electron chi connectivity index (χ4n) is 1.97. The van der Waals surface area contributed by atoms with E-state index in [4.69, 9.17) is 15.2 Å². The maximum atomic E-state index is 5.74. The second kappa shape index (κ2) is 6.24. The lowest BCUT2D eigenvalue weighted by Gasteiger charge is -2.12. The van der Waals surface area contributed by atoms with Gasteiger partial charge in [-0.3, -0.25) is 0 Å². The van der Waals surface area contributed by atoms with Crippen LogP contribution < -0.4 is 15.2 Å². The third kappa shape index (κ3) is 3.06. The summed E-state index contributed by atoms with van der Waals surface area (Å²) in [5, 5.41) is 0. The van der Waals surface area contributed by atoms with Crippen LogP contribution in [-0.4, -0.2) is 23.3 Å². The lowest BCUT2D eigenvalue weighted by molar-refractivity contribution is 0.277. The van der Waals surface area contributed by atoms with E-state index in [2.05, 4.69) is 9.55 Å². The van der Waals surface area contributed by atoms with Gasteiger partial charge in [-0.2, -0.15) is 0 Å². The number of aromatic nitrogens is 2. The Kier molecular flexibility index (Phi) is 4.41. The number of methoxy groups -OCH3 is 1. The molecular formula is C14H19N3O2. The highest BCUT2D eigenvalue weighted by Crippen LogP contribution is 2.25. The van der Waals surface area contributed by atoms with E-state index in [0.29, 0.717) is 13.2 Å². The summed E-state index contributed by atoms with van der Waals surface area (Å²) < 4.78 is 13.0. The molecule has 2 N–H and O–H groups in total. The molecule has 2 aromatic rings. The highest BCUT2D eigenvalue weighted by Gasteiger charge is 2.06. The Balaban J connectivity index is 1.98. The minimum absolute atomic E-state index is 0.482. The van der Waals surface area contributed by atoms with Crippen LogP contribution in [0.25, 0.3) is 0 Å². The maximum absolute atomic E-state index is 5.74. The first-order valence-electron chi connectivity index (χ1n) is 6.23. The monoisotopic (exact) mass is 261 g/mol. The molecular weight excluding hydrogens is 242 g/mol. The molecule has 0 aliphatic heterocycles. The van der Waals surface area contributed by atoms with E-state index in [-0.39, 0.29) is 0 Å². The molecule has 1 aromatic heterocycles. The van der Waals surface area contributed by atoms with Crippen LogP contribution in [0, 0.1) is 6.92 Å². The van der Waals surface area contributed by atoms with Crippen molar-refractivity contribution in [1.82, 2.24) is 9.55 Å². The lowest BCUT2D eigenvalue weighted by Crippen LogP contribution is -2.14. The quantitative estimate of drug-likeness (QED) is 0.860. The number of benzene rings is 1. The van der Waals surface area contributed by atoms with Crippen LogP contribution in [0.1, 0.15) is 11.5 Å². The zero-order chi connectivity index (χ0) is 13.7. The van der Waals surface area contributed by atoms with Crippen molar-refractivity contribution in [3.05, 3.63) is 42.0 Å². The van der Waals surface area contributed by atoms with Gasteiger partial charge in [-0.25, -0.2) is 4.98 Å². The summed E-state index contributed by atoms with van der Waals surface area (Å²) in [6, 6.07) is 7.61. The Morgan fingerprint density at radius 2 is 2.00 bits per heavy atom. The molecule has 0 saturated heterocycles. The van der Waals surface area contributed by atoms with Gasteiger partial charge in [-0.1, -0.05) is 12.1 Å². The van der Waals surface area contributed by atoms with E-state index < -0.39 is 0 Å². The van der Waals surface area contributed by atoms with Crippen LogP contribution in [0.5, 0.6) is 11.5 Å². The van der Waals surface area contributed by atoms with Gasteiger partial charge in [0.1, 0.15) is 12.4 Å². The predicted octanol–water partition coefficient (Wildman–Crippen LogP) is 1.74. The first-order chi connectivity index (χ1) is 9.26. The maximum Gasteiger partial charge on any atom is 0.161 e. The van der Waals surface area contributed by atoms with Gasteiger partial charge in [-0.05, 0) is 19.1 Å². The largest absolute Gasteiger partial charge is 0.493 e. The minimum Gasteiger partial charge on any atom is -0.493 e. The molecule has 102 valence electrons. The zero-order valence-corrected chi connectivity index (χ0v) is 11.3. The Bertz CT molecular complexity index is 537. The molecule has 0 aliphatic carbocycles. The Morgan fingerprint density at radius 1 is 1.26 bits per heavy atom.